The van der Waals surface area contributed by atoms with Gasteiger partial charge in [0.25, 0.3) is 0 Å². The molecule has 4 rings (SSSR count). The number of aromatic amines is 1. The largest absolute Gasteiger partial charge is 0.493 e. The van der Waals surface area contributed by atoms with E-state index in [1.165, 1.54) is 0 Å². The van der Waals surface area contributed by atoms with Crippen molar-refractivity contribution < 1.29 is 19.0 Å². The highest BCUT2D eigenvalue weighted by atomic mass is 16.5. The minimum atomic E-state index is 0.0886. The maximum absolute atomic E-state index is 12.9. The number of amides is 1. The number of anilines is 1. The van der Waals surface area contributed by atoms with Crippen molar-refractivity contribution in [3.05, 3.63) is 23.9 Å². The Hall–Kier alpha value is -2.54. The second-order valence-electron chi connectivity index (χ2n) is 7.79. The molecule has 0 atom stereocenters. The van der Waals surface area contributed by atoms with Crippen LogP contribution in [0.2, 0.25) is 0 Å². The van der Waals surface area contributed by atoms with Crippen molar-refractivity contribution in [2.45, 2.75) is 44.4 Å². The third kappa shape index (κ3) is 4.10. The molecule has 2 fully saturated rings. The first kappa shape index (κ1) is 19.8. The zero-order valence-electron chi connectivity index (χ0n) is 17.1. The number of aromatic nitrogens is 2. The number of rotatable bonds is 6. The van der Waals surface area contributed by atoms with Crippen LogP contribution in [0.5, 0.6) is 11.5 Å². The molecule has 1 saturated carbocycles. The fraction of sp³-hybridized carbons (Fsp3) is 0.545. The smallest absolute Gasteiger partial charge is 0.227 e. The zero-order chi connectivity index (χ0) is 20.2. The standard InChI is InChI=1S/C22H29N3O4/c1-27-17-8-7-16(13-18(17)28-2)20-21(23-22(26)15-5-3-4-6-15)19(24-25-20)14-9-11-29-12-10-14/h7-8,13-15H,3-6,9-12H2,1-2H3,(H,23,26)(H,24,25). The van der Waals surface area contributed by atoms with E-state index >= 15 is 0 Å². The van der Waals surface area contributed by atoms with Crippen molar-refractivity contribution in [2.75, 3.05) is 32.8 Å². The van der Waals surface area contributed by atoms with E-state index in [4.69, 9.17) is 14.2 Å². The highest BCUT2D eigenvalue weighted by Crippen LogP contribution is 2.40. The summed E-state index contributed by atoms with van der Waals surface area (Å²) in [5, 5.41) is 11.0. The number of ether oxygens (including phenoxy) is 3. The summed E-state index contributed by atoms with van der Waals surface area (Å²) in [5.74, 6) is 1.77. The number of nitrogens with one attached hydrogen (secondary N) is 2. The van der Waals surface area contributed by atoms with Crippen LogP contribution in [0, 0.1) is 5.92 Å². The molecule has 7 heteroatoms. The average molecular weight is 399 g/mol. The lowest BCUT2D eigenvalue weighted by Crippen LogP contribution is -2.22. The summed E-state index contributed by atoms with van der Waals surface area (Å²) in [6, 6.07) is 5.70. The second-order valence-corrected chi connectivity index (χ2v) is 7.79. The molecule has 0 radical (unpaired) electrons. The number of carbonyl (C=O) groups excluding carboxylic acids is 1. The Morgan fingerprint density at radius 2 is 1.83 bits per heavy atom. The molecule has 2 N–H and O–H groups in total. The number of benzene rings is 1. The predicted octanol–water partition coefficient (Wildman–Crippen LogP) is 4.12. The molecule has 1 aliphatic heterocycles. The first-order chi connectivity index (χ1) is 14.2. The number of methoxy groups -OCH3 is 2. The van der Waals surface area contributed by atoms with Crippen molar-refractivity contribution in [2.24, 2.45) is 5.92 Å². The first-order valence-electron chi connectivity index (χ1n) is 10.4. The zero-order valence-corrected chi connectivity index (χ0v) is 17.1. The van der Waals surface area contributed by atoms with Crippen LogP contribution in [0.4, 0.5) is 5.69 Å². The van der Waals surface area contributed by atoms with Crippen LogP contribution in [0.25, 0.3) is 11.3 Å². The number of nitrogens with zero attached hydrogens (tertiary/aromatic N) is 1. The highest BCUT2D eigenvalue weighted by molar-refractivity contribution is 5.97. The Balaban J connectivity index is 1.71. The van der Waals surface area contributed by atoms with Gasteiger partial charge in [-0.2, -0.15) is 5.10 Å². The molecule has 2 aromatic rings. The van der Waals surface area contributed by atoms with Gasteiger partial charge in [0.2, 0.25) is 5.91 Å². The van der Waals surface area contributed by atoms with Gasteiger partial charge in [0, 0.05) is 30.6 Å². The summed E-state index contributed by atoms with van der Waals surface area (Å²) < 4.78 is 16.3. The summed E-state index contributed by atoms with van der Waals surface area (Å²) in [4.78, 5) is 12.9. The monoisotopic (exact) mass is 399 g/mol. The van der Waals surface area contributed by atoms with Gasteiger partial charge in [-0.3, -0.25) is 9.89 Å². The Bertz CT molecular complexity index is 852. The van der Waals surface area contributed by atoms with Crippen LogP contribution in [0.1, 0.15) is 50.1 Å². The summed E-state index contributed by atoms with van der Waals surface area (Å²) in [5.41, 5.74) is 3.39. The van der Waals surface area contributed by atoms with E-state index in [1.807, 2.05) is 18.2 Å². The van der Waals surface area contributed by atoms with E-state index in [9.17, 15) is 4.79 Å². The van der Waals surface area contributed by atoms with Crippen LogP contribution in [-0.4, -0.2) is 43.5 Å². The molecule has 0 bridgehead atoms. The lowest BCUT2D eigenvalue weighted by molar-refractivity contribution is -0.119. The quantitative estimate of drug-likeness (QED) is 0.763. The first-order valence-corrected chi connectivity index (χ1v) is 10.4. The van der Waals surface area contributed by atoms with Crippen molar-refractivity contribution >= 4 is 11.6 Å². The molecule has 0 spiro atoms. The van der Waals surface area contributed by atoms with Gasteiger partial charge in [-0.15, -0.1) is 0 Å². The van der Waals surface area contributed by atoms with Gasteiger partial charge in [0.15, 0.2) is 11.5 Å². The average Bonchev–Trinajstić information content (AvgIpc) is 3.44. The van der Waals surface area contributed by atoms with Crippen molar-refractivity contribution in [1.82, 2.24) is 10.2 Å². The van der Waals surface area contributed by atoms with Crippen molar-refractivity contribution in [3.63, 3.8) is 0 Å². The molecule has 7 nitrogen and oxygen atoms in total. The van der Waals surface area contributed by atoms with Crippen LogP contribution in [0.3, 0.4) is 0 Å². The molecule has 29 heavy (non-hydrogen) atoms. The van der Waals surface area contributed by atoms with E-state index in [1.54, 1.807) is 14.2 Å². The Morgan fingerprint density at radius 1 is 1.10 bits per heavy atom. The Kier molecular flexibility index (Phi) is 6.04. The van der Waals surface area contributed by atoms with Crippen LogP contribution < -0.4 is 14.8 Å². The maximum atomic E-state index is 12.9. The minimum absolute atomic E-state index is 0.0886. The molecular weight excluding hydrogens is 370 g/mol. The van der Waals surface area contributed by atoms with E-state index in [0.717, 1.165) is 74.4 Å². The molecule has 156 valence electrons. The molecule has 1 aromatic carbocycles. The molecular formula is C22H29N3O4. The number of carbonyl (C=O) groups is 1. The SMILES string of the molecule is COc1ccc(-c2n[nH]c(C3CCOCC3)c2NC(=O)C2CCCC2)cc1OC. The van der Waals surface area contributed by atoms with Crippen molar-refractivity contribution in [3.8, 4) is 22.8 Å². The number of hydrogen-bond donors (Lipinski definition) is 2. The lowest BCUT2D eigenvalue weighted by atomic mass is 9.94. The molecule has 1 saturated heterocycles. The summed E-state index contributed by atoms with van der Waals surface area (Å²) >= 11 is 0. The van der Waals surface area contributed by atoms with E-state index < -0.39 is 0 Å². The van der Waals surface area contributed by atoms with Crippen molar-refractivity contribution in [1.29, 1.82) is 0 Å². The van der Waals surface area contributed by atoms with E-state index in [-0.39, 0.29) is 11.8 Å². The summed E-state index contributed by atoms with van der Waals surface area (Å²) in [6.45, 7) is 1.46. The fourth-order valence-corrected chi connectivity index (χ4v) is 4.37. The Morgan fingerprint density at radius 3 is 2.52 bits per heavy atom. The van der Waals surface area contributed by atoms with Gasteiger partial charge in [0.1, 0.15) is 5.69 Å². The third-order valence-electron chi connectivity index (χ3n) is 6.05. The Labute approximate surface area is 171 Å². The topological polar surface area (TPSA) is 85.5 Å². The van der Waals surface area contributed by atoms with E-state index in [0.29, 0.717) is 17.4 Å². The highest BCUT2D eigenvalue weighted by Gasteiger charge is 2.29. The molecule has 2 heterocycles. The minimum Gasteiger partial charge on any atom is -0.493 e. The molecule has 0 unspecified atom stereocenters. The third-order valence-corrected chi connectivity index (χ3v) is 6.05. The number of H-pyrrole nitrogens is 1. The van der Waals surface area contributed by atoms with Gasteiger partial charge >= 0.3 is 0 Å². The summed E-state index contributed by atoms with van der Waals surface area (Å²) in [6.07, 6.45) is 6.00. The van der Waals surface area contributed by atoms with E-state index in [2.05, 4.69) is 15.5 Å². The van der Waals surface area contributed by atoms with Crippen LogP contribution >= 0.6 is 0 Å². The van der Waals surface area contributed by atoms with Gasteiger partial charge in [-0.05, 0) is 43.9 Å². The molecule has 2 aliphatic rings. The van der Waals surface area contributed by atoms with Crippen LogP contribution in [-0.2, 0) is 9.53 Å². The van der Waals surface area contributed by atoms with Gasteiger partial charge < -0.3 is 19.5 Å². The predicted molar refractivity (Wildman–Crippen MR) is 111 cm³/mol. The second kappa shape index (κ2) is 8.86. The van der Waals surface area contributed by atoms with Gasteiger partial charge in [0.05, 0.1) is 25.6 Å². The molecule has 1 amide bonds. The van der Waals surface area contributed by atoms with Gasteiger partial charge in [-0.1, -0.05) is 12.8 Å². The lowest BCUT2D eigenvalue weighted by Gasteiger charge is -2.22. The molecule has 1 aliphatic carbocycles. The normalized spacial score (nSPS) is 18.0. The number of hydrogen-bond acceptors (Lipinski definition) is 5. The van der Waals surface area contributed by atoms with Crippen LogP contribution in [0.15, 0.2) is 18.2 Å². The summed E-state index contributed by atoms with van der Waals surface area (Å²) in [7, 11) is 3.23. The fourth-order valence-electron chi connectivity index (χ4n) is 4.37. The van der Waals surface area contributed by atoms with Gasteiger partial charge in [-0.25, -0.2) is 0 Å². The molecule has 1 aromatic heterocycles. The maximum Gasteiger partial charge on any atom is 0.227 e.